The topological polar surface area (TPSA) is 123 Å². The Hall–Kier alpha value is -2.49. The number of amides is 1. The highest BCUT2D eigenvalue weighted by molar-refractivity contribution is 5.97. The molecule has 0 unspecified atom stereocenters. The van der Waals surface area contributed by atoms with Gasteiger partial charge in [0.05, 0.1) is 42.7 Å². The lowest BCUT2D eigenvalue weighted by molar-refractivity contribution is -0.147. The lowest BCUT2D eigenvalue weighted by Crippen LogP contribution is -2.51. The average Bonchev–Trinajstić information content (AvgIpc) is 3.03. The van der Waals surface area contributed by atoms with Gasteiger partial charge in [0.15, 0.2) is 0 Å². The normalized spacial score (nSPS) is 20.2. The Morgan fingerprint density at radius 3 is 3.04 bits per heavy atom. The predicted molar refractivity (Wildman–Crippen MR) is 90.9 cm³/mol. The molecule has 3 N–H and O–H groups in total. The molecule has 2 aromatic rings. The fourth-order valence-corrected chi connectivity index (χ4v) is 2.97. The van der Waals surface area contributed by atoms with Crippen molar-refractivity contribution >= 4 is 22.9 Å². The number of aliphatic hydroxyl groups excluding tert-OH is 1. The van der Waals surface area contributed by atoms with Crippen molar-refractivity contribution in [2.75, 3.05) is 26.4 Å². The van der Waals surface area contributed by atoms with Crippen LogP contribution in [0.4, 0.5) is 0 Å². The van der Waals surface area contributed by atoms with Gasteiger partial charge in [-0.2, -0.15) is 0 Å². The first-order valence-electron chi connectivity index (χ1n) is 8.36. The number of imidazole rings is 1. The van der Waals surface area contributed by atoms with E-state index in [-0.39, 0.29) is 19.1 Å². The van der Waals surface area contributed by atoms with E-state index < -0.39 is 24.7 Å². The molecule has 0 bridgehead atoms. The van der Waals surface area contributed by atoms with Crippen LogP contribution in [0.25, 0.3) is 11.0 Å². The first kappa shape index (κ1) is 18.3. The van der Waals surface area contributed by atoms with Gasteiger partial charge in [0.25, 0.3) is 5.91 Å². The molecule has 2 heterocycles. The van der Waals surface area contributed by atoms with E-state index in [9.17, 15) is 9.59 Å². The highest BCUT2D eigenvalue weighted by Crippen LogP contribution is 2.17. The number of carbonyl (C=O) groups excluding carboxylic acids is 1. The molecule has 1 amide bonds. The second-order valence-electron chi connectivity index (χ2n) is 6.05. The maximum Gasteiger partial charge on any atom is 0.329 e. The Labute approximate surface area is 149 Å². The highest BCUT2D eigenvalue weighted by atomic mass is 16.5. The number of carboxylic acids is 1. The minimum absolute atomic E-state index is 0.00705. The van der Waals surface area contributed by atoms with Crippen molar-refractivity contribution in [2.45, 2.75) is 25.1 Å². The van der Waals surface area contributed by atoms with E-state index in [4.69, 9.17) is 19.7 Å². The summed E-state index contributed by atoms with van der Waals surface area (Å²) in [6.45, 7) is 0.761. The minimum atomic E-state index is -1.05. The number of aromatic nitrogens is 2. The number of carbonyl (C=O) groups is 2. The van der Waals surface area contributed by atoms with Crippen LogP contribution in [0.1, 0.15) is 16.8 Å². The summed E-state index contributed by atoms with van der Waals surface area (Å²) in [6, 6.07) is 4.72. The number of ether oxygens (including phenoxy) is 2. The van der Waals surface area contributed by atoms with Gasteiger partial charge in [-0.05, 0) is 24.6 Å². The molecular weight excluding hydrogens is 342 g/mol. The van der Waals surface area contributed by atoms with E-state index in [2.05, 4.69) is 10.3 Å². The molecule has 0 spiro atoms. The van der Waals surface area contributed by atoms with Crippen LogP contribution in [-0.2, 0) is 20.8 Å². The number of carboxylic acid groups (broad SMARTS) is 1. The van der Waals surface area contributed by atoms with E-state index in [0.29, 0.717) is 30.7 Å². The summed E-state index contributed by atoms with van der Waals surface area (Å²) in [5.41, 5.74) is 1.93. The fourth-order valence-electron chi connectivity index (χ4n) is 2.97. The quantitative estimate of drug-likeness (QED) is 0.633. The third kappa shape index (κ3) is 4.18. The molecule has 9 heteroatoms. The Kier molecular flexibility index (Phi) is 5.82. The molecule has 2 atom stereocenters. The van der Waals surface area contributed by atoms with Gasteiger partial charge >= 0.3 is 5.97 Å². The zero-order valence-corrected chi connectivity index (χ0v) is 14.1. The van der Waals surface area contributed by atoms with Crippen molar-refractivity contribution in [3.8, 4) is 0 Å². The van der Waals surface area contributed by atoms with Crippen LogP contribution in [-0.4, -0.2) is 70.2 Å². The maximum atomic E-state index is 12.6. The smallest absolute Gasteiger partial charge is 0.329 e. The second kappa shape index (κ2) is 8.26. The van der Waals surface area contributed by atoms with Gasteiger partial charge in [-0.3, -0.25) is 4.79 Å². The number of hydrogen-bond acceptors (Lipinski definition) is 6. The summed E-state index contributed by atoms with van der Waals surface area (Å²) in [6.07, 6.45) is 1.73. The summed E-state index contributed by atoms with van der Waals surface area (Å²) in [4.78, 5) is 27.5. The Balaban J connectivity index is 1.69. The Morgan fingerprint density at radius 1 is 1.42 bits per heavy atom. The number of hydrogen-bond donors (Lipinski definition) is 3. The monoisotopic (exact) mass is 363 g/mol. The molecule has 0 aliphatic carbocycles. The Bertz CT molecular complexity index is 790. The molecule has 0 saturated carbocycles. The molecule has 0 radical (unpaired) electrons. The second-order valence-corrected chi connectivity index (χ2v) is 6.05. The largest absolute Gasteiger partial charge is 0.480 e. The SMILES string of the molecule is O=C(O)CO[C@H]1CCOC[C@H]1NC(=O)c1ccc2c(c1)ncn2CCO. The van der Waals surface area contributed by atoms with Gasteiger partial charge in [-0.25, -0.2) is 9.78 Å². The summed E-state index contributed by atoms with van der Waals surface area (Å²) in [5, 5.41) is 20.7. The molecule has 1 saturated heterocycles. The average molecular weight is 363 g/mol. The van der Waals surface area contributed by atoms with Crippen LogP contribution in [0.3, 0.4) is 0 Å². The predicted octanol–water partition coefficient (Wildman–Crippen LogP) is 0.0171. The van der Waals surface area contributed by atoms with Gasteiger partial charge in [0, 0.05) is 18.7 Å². The van der Waals surface area contributed by atoms with Gasteiger partial charge in [0.1, 0.15) is 6.61 Å². The lowest BCUT2D eigenvalue weighted by atomic mass is 10.1. The molecule has 26 heavy (non-hydrogen) atoms. The van der Waals surface area contributed by atoms with E-state index in [1.54, 1.807) is 24.5 Å². The number of aliphatic hydroxyl groups is 1. The van der Waals surface area contributed by atoms with E-state index in [1.165, 1.54) is 0 Å². The molecule has 1 aliphatic heterocycles. The molecular formula is C17H21N3O6. The third-order valence-electron chi connectivity index (χ3n) is 4.25. The van der Waals surface area contributed by atoms with Gasteiger partial charge in [-0.15, -0.1) is 0 Å². The highest BCUT2D eigenvalue weighted by Gasteiger charge is 2.29. The van der Waals surface area contributed by atoms with Gasteiger partial charge in [-0.1, -0.05) is 0 Å². The van der Waals surface area contributed by atoms with Crippen LogP contribution >= 0.6 is 0 Å². The molecule has 1 aromatic carbocycles. The van der Waals surface area contributed by atoms with Crippen LogP contribution in [0.15, 0.2) is 24.5 Å². The summed E-state index contributed by atoms with van der Waals surface area (Å²) >= 11 is 0. The molecule has 1 aliphatic rings. The molecule has 9 nitrogen and oxygen atoms in total. The lowest BCUT2D eigenvalue weighted by Gasteiger charge is -2.31. The van der Waals surface area contributed by atoms with Gasteiger partial charge in [0.2, 0.25) is 0 Å². The first-order valence-corrected chi connectivity index (χ1v) is 8.36. The maximum absolute atomic E-state index is 12.6. The number of nitrogens with one attached hydrogen (secondary N) is 1. The molecule has 1 aromatic heterocycles. The van der Waals surface area contributed by atoms with Crippen LogP contribution in [0.5, 0.6) is 0 Å². The van der Waals surface area contributed by atoms with Crippen molar-refractivity contribution in [2.24, 2.45) is 0 Å². The number of aliphatic carboxylic acids is 1. The summed E-state index contributed by atoms with van der Waals surface area (Å²) < 4.78 is 12.5. The summed E-state index contributed by atoms with van der Waals surface area (Å²) in [7, 11) is 0. The zero-order chi connectivity index (χ0) is 18.5. The minimum Gasteiger partial charge on any atom is -0.480 e. The molecule has 1 fully saturated rings. The summed E-state index contributed by atoms with van der Waals surface area (Å²) in [5.74, 6) is -1.35. The third-order valence-corrected chi connectivity index (χ3v) is 4.25. The molecule has 3 rings (SSSR count). The number of benzene rings is 1. The zero-order valence-electron chi connectivity index (χ0n) is 14.1. The molecule has 140 valence electrons. The van der Waals surface area contributed by atoms with Crippen LogP contribution in [0, 0.1) is 0 Å². The van der Waals surface area contributed by atoms with Crippen molar-refractivity contribution in [3.63, 3.8) is 0 Å². The van der Waals surface area contributed by atoms with Crippen LogP contribution in [0.2, 0.25) is 0 Å². The number of nitrogens with zero attached hydrogens (tertiary/aromatic N) is 2. The van der Waals surface area contributed by atoms with Crippen molar-refractivity contribution in [3.05, 3.63) is 30.1 Å². The number of fused-ring (bicyclic) bond motifs is 1. The van der Waals surface area contributed by atoms with E-state index >= 15 is 0 Å². The first-order chi connectivity index (χ1) is 12.6. The fraction of sp³-hybridized carbons (Fsp3) is 0.471. The van der Waals surface area contributed by atoms with E-state index in [0.717, 1.165) is 5.52 Å². The van der Waals surface area contributed by atoms with Crippen molar-refractivity contribution in [1.29, 1.82) is 0 Å². The van der Waals surface area contributed by atoms with Gasteiger partial charge < -0.3 is 29.6 Å². The standard InChI is InChI=1S/C17H21N3O6/c21-5-4-20-10-18-12-7-11(1-2-14(12)20)17(24)19-13-8-25-6-3-15(13)26-9-16(22)23/h1-2,7,10,13,15,21H,3-6,8-9H2,(H,19,24)(H,22,23)/t13-,15+/m1/s1. The van der Waals surface area contributed by atoms with Crippen molar-refractivity contribution < 1.29 is 29.3 Å². The van der Waals surface area contributed by atoms with Crippen molar-refractivity contribution in [1.82, 2.24) is 14.9 Å². The van der Waals surface area contributed by atoms with E-state index in [1.807, 2.05) is 4.57 Å². The van der Waals surface area contributed by atoms with Crippen LogP contribution < -0.4 is 5.32 Å². The number of rotatable bonds is 7. The Morgan fingerprint density at radius 2 is 2.27 bits per heavy atom.